The first kappa shape index (κ1) is 27.2. The van der Waals surface area contributed by atoms with Gasteiger partial charge in [0.1, 0.15) is 5.75 Å². The summed E-state index contributed by atoms with van der Waals surface area (Å²) in [5.41, 5.74) is -2.00. The van der Waals surface area contributed by atoms with Crippen molar-refractivity contribution in [3.63, 3.8) is 0 Å². The van der Waals surface area contributed by atoms with Gasteiger partial charge >= 0.3 is 12.1 Å². The molecule has 2 aromatic carbocycles. The highest BCUT2D eigenvalue weighted by molar-refractivity contribution is 9.10. The van der Waals surface area contributed by atoms with E-state index in [1.807, 2.05) is 0 Å². The van der Waals surface area contributed by atoms with Gasteiger partial charge in [0.2, 0.25) is 0 Å². The number of aromatic nitrogens is 1. The minimum absolute atomic E-state index is 0.114. The molecule has 0 unspecified atom stereocenters. The van der Waals surface area contributed by atoms with Gasteiger partial charge in [-0.15, -0.1) is 0 Å². The number of alkyl halides is 3. The fourth-order valence-electron chi connectivity index (χ4n) is 3.86. The largest absolute Gasteiger partial charge is 0.493 e. The third kappa shape index (κ3) is 5.53. The van der Waals surface area contributed by atoms with Crippen molar-refractivity contribution in [2.75, 3.05) is 13.2 Å². The molecular formula is C25H19BrClF3N2O4S. The van der Waals surface area contributed by atoms with E-state index in [4.69, 9.17) is 21.1 Å². The molecule has 194 valence electrons. The summed E-state index contributed by atoms with van der Waals surface area (Å²) in [5, 5.41) is 0.340. The summed E-state index contributed by atoms with van der Waals surface area (Å²) in [7, 11) is 0. The highest BCUT2D eigenvalue weighted by atomic mass is 79.9. The van der Waals surface area contributed by atoms with E-state index in [0.717, 1.165) is 20.4 Å². The number of halogens is 5. The van der Waals surface area contributed by atoms with Crippen molar-refractivity contribution in [1.82, 2.24) is 4.57 Å². The predicted octanol–water partition coefficient (Wildman–Crippen LogP) is 5.16. The number of benzene rings is 2. The molecule has 0 saturated heterocycles. The molecule has 1 aliphatic heterocycles. The fourth-order valence-corrected chi connectivity index (χ4v) is 5.36. The quantitative estimate of drug-likeness (QED) is 0.360. The van der Waals surface area contributed by atoms with E-state index < -0.39 is 35.0 Å². The Hall–Kier alpha value is -2.89. The molecule has 1 aliphatic rings. The first-order valence-corrected chi connectivity index (χ1v) is 13.0. The zero-order chi connectivity index (χ0) is 26.9. The number of carbonyl (C=O) groups excluding carboxylic acids is 1. The second kappa shape index (κ2) is 10.8. The smallest absolute Gasteiger partial charge is 0.434 e. The summed E-state index contributed by atoms with van der Waals surface area (Å²) < 4.78 is 55.1. The van der Waals surface area contributed by atoms with E-state index >= 15 is 0 Å². The van der Waals surface area contributed by atoms with E-state index in [2.05, 4.69) is 20.9 Å². The number of allylic oxidation sites excluding steroid dienone is 1. The number of hydrogen-bond donors (Lipinski definition) is 0. The Balaban J connectivity index is 2.05. The van der Waals surface area contributed by atoms with Gasteiger partial charge in [-0.2, -0.15) is 13.2 Å². The first-order chi connectivity index (χ1) is 17.5. The Bertz CT molecular complexity index is 1560. The Morgan fingerprint density at radius 1 is 1.19 bits per heavy atom. The molecule has 1 aromatic heterocycles. The first-order valence-electron chi connectivity index (χ1n) is 11.0. The van der Waals surface area contributed by atoms with E-state index in [1.54, 1.807) is 25.1 Å². The lowest BCUT2D eigenvalue weighted by Gasteiger charge is -2.26. The summed E-state index contributed by atoms with van der Waals surface area (Å²) in [6.45, 7) is 3.50. The highest BCUT2D eigenvalue weighted by Crippen LogP contribution is 2.38. The minimum atomic E-state index is -4.98. The number of nitrogens with zero attached hydrogens (tertiary/aromatic N) is 2. The lowest BCUT2D eigenvalue weighted by Crippen LogP contribution is -2.41. The lowest BCUT2D eigenvalue weighted by molar-refractivity contribution is -0.140. The molecule has 0 radical (unpaired) electrons. The van der Waals surface area contributed by atoms with Crippen molar-refractivity contribution in [3.8, 4) is 5.75 Å². The van der Waals surface area contributed by atoms with Crippen molar-refractivity contribution in [2.45, 2.75) is 26.1 Å². The molecular weight excluding hydrogens is 597 g/mol. The van der Waals surface area contributed by atoms with Gasteiger partial charge < -0.3 is 9.47 Å². The van der Waals surface area contributed by atoms with E-state index in [0.29, 0.717) is 22.9 Å². The van der Waals surface area contributed by atoms with Gasteiger partial charge in [-0.25, -0.2) is 9.79 Å². The maximum Gasteiger partial charge on any atom is 0.434 e. The van der Waals surface area contributed by atoms with Crippen LogP contribution in [0.2, 0.25) is 5.02 Å². The molecule has 0 bridgehead atoms. The third-order valence-electron chi connectivity index (χ3n) is 5.34. The SMILES string of the molecule is CCOC(=O)C1=C(C(F)(F)F)N=c2s/c(=C\c3cc(Br)ccc3OCC)c(=O)n2[C@H]1c1ccc(Cl)cc1. The molecule has 37 heavy (non-hydrogen) atoms. The molecule has 3 aromatic rings. The van der Waals surface area contributed by atoms with Crippen molar-refractivity contribution < 1.29 is 27.4 Å². The minimum Gasteiger partial charge on any atom is -0.493 e. The molecule has 0 aliphatic carbocycles. The van der Waals surface area contributed by atoms with Gasteiger partial charge in [-0.05, 0) is 55.8 Å². The number of hydrogen-bond acceptors (Lipinski definition) is 6. The van der Waals surface area contributed by atoms with Crippen LogP contribution < -0.4 is 19.6 Å². The maximum absolute atomic E-state index is 14.2. The Kier molecular flexibility index (Phi) is 7.96. The van der Waals surface area contributed by atoms with Crippen LogP contribution in [0.25, 0.3) is 6.08 Å². The van der Waals surface area contributed by atoms with Crippen molar-refractivity contribution in [1.29, 1.82) is 0 Å². The van der Waals surface area contributed by atoms with Crippen LogP contribution in [0, 0.1) is 0 Å². The summed E-state index contributed by atoms with van der Waals surface area (Å²) >= 11 is 10.2. The van der Waals surface area contributed by atoms with Crippen LogP contribution in [0.5, 0.6) is 5.75 Å². The Labute approximate surface area is 226 Å². The molecule has 1 atom stereocenters. The highest BCUT2D eigenvalue weighted by Gasteiger charge is 2.45. The van der Waals surface area contributed by atoms with E-state index in [-0.39, 0.29) is 21.5 Å². The molecule has 2 heterocycles. The van der Waals surface area contributed by atoms with E-state index in [1.165, 1.54) is 37.3 Å². The molecule has 0 saturated carbocycles. The zero-order valence-corrected chi connectivity index (χ0v) is 22.6. The van der Waals surface area contributed by atoms with Crippen molar-refractivity contribution in [2.24, 2.45) is 4.99 Å². The second-order valence-corrected chi connectivity index (χ2v) is 10.1. The fraction of sp³-hybridized carbons (Fsp3) is 0.240. The molecule has 0 N–H and O–H groups in total. The molecule has 12 heteroatoms. The van der Waals surface area contributed by atoms with Crippen LogP contribution in [0.3, 0.4) is 0 Å². The van der Waals surface area contributed by atoms with Crippen LogP contribution in [0.4, 0.5) is 13.2 Å². The number of fused-ring (bicyclic) bond motifs is 1. The summed E-state index contributed by atoms with van der Waals surface area (Å²) in [4.78, 5) is 30.1. The van der Waals surface area contributed by atoms with Gasteiger partial charge in [0.25, 0.3) is 5.56 Å². The van der Waals surface area contributed by atoms with Crippen LogP contribution >= 0.6 is 38.9 Å². The van der Waals surface area contributed by atoms with Gasteiger partial charge in [-0.1, -0.05) is 51.0 Å². The number of rotatable bonds is 6. The molecule has 6 nitrogen and oxygen atoms in total. The van der Waals surface area contributed by atoms with E-state index in [9.17, 15) is 22.8 Å². The van der Waals surface area contributed by atoms with Gasteiger partial charge in [0, 0.05) is 15.1 Å². The number of thiazole rings is 1. The monoisotopic (exact) mass is 614 g/mol. The summed E-state index contributed by atoms with van der Waals surface area (Å²) in [5.74, 6) is -0.715. The molecule has 0 amide bonds. The van der Waals surface area contributed by atoms with Crippen LogP contribution in [0.1, 0.15) is 31.0 Å². The van der Waals surface area contributed by atoms with Crippen LogP contribution in [0.15, 0.2) is 68.0 Å². The second-order valence-electron chi connectivity index (χ2n) is 7.73. The predicted molar refractivity (Wildman–Crippen MR) is 138 cm³/mol. The van der Waals surface area contributed by atoms with Gasteiger partial charge in [0.05, 0.1) is 29.4 Å². The van der Waals surface area contributed by atoms with Crippen LogP contribution in [-0.2, 0) is 9.53 Å². The zero-order valence-electron chi connectivity index (χ0n) is 19.4. The van der Waals surface area contributed by atoms with Crippen molar-refractivity contribution in [3.05, 3.63) is 94.0 Å². The molecule has 0 fully saturated rings. The topological polar surface area (TPSA) is 69.9 Å². The molecule has 4 rings (SSSR count). The number of ether oxygens (including phenoxy) is 2. The van der Waals surface area contributed by atoms with Gasteiger partial charge in [-0.3, -0.25) is 9.36 Å². The Morgan fingerprint density at radius 3 is 2.51 bits per heavy atom. The summed E-state index contributed by atoms with van der Waals surface area (Å²) in [6, 6.07) is 9.65. The third-order valence-corrected chi connectivity index (χ3v) is 7.07. The standard InChI is InChI=1S/C25H19BrClF3N2O4S/c1-3-35-17-10-7-15(26)11-14(17)12-18-22(33)32-20(13-5-8-16(27)9-6-13)19(23(34)36-4-2)21(25(28,29)30)31-24(32)37-18/h5-12,20H,3-4H2,1-2H3/b18-12-/t20-/m0/s1. The average Bonchev–Trinajstić information content (AvgIpc) is 3.15. The normalized spacial score (nSPS) is 15.9. The van der Waals surface area contributed by atoms with Gasteiger partial charge in [0.15, 0.2) is 10.5 Å². The lowest BCUT2D eigenvalue weighted by atomic mass is 9.95. The Morgan fingerprint density at radius 2 is 1.89 bits per heavy atom. The number of carbonyl (C=O) groups is 1. The maximum atomic E-state index is 14.2. The molecule has 0 spiro atoms. The average molecular weight is 616 g/mol. The van der Waals surface area contributed by atoms with Crippen LogP contribution in [-0.4, -0.2) is 29.9 Å². The van der Waals surface area contributed by atoms with Crippen molar-refractivity contribution >= 4 is 50.9 Å². The summed E-state index contributed by atoms with van der Waals surface area (Å²) in [6.07, 6.45) is -3.45. The number of esters is 1.